The lowest BCUT2D eigenvalue weighted by molar-refractivity contribution is 0.229. The fourth-order valence-corrected chi connectivity index (χ4v) is 3.15. The van der Waals surface area contributed by atoms with E-state index in [4.69, 9.17) is 4.98 Å². The number of para-hydroxylation sites is 2. The quantitative estimate of drug-likeness (QED) is 0.925. The molecule has 0 atom stereocenters. The van der Waals surface area contributed by atoms with Crippen molar-refractivity contribution in [3.8, 4) is 0 Å². The number of benzene rings is 1. The second kappa shape index (κ2) is 8.73. The first-order valence-corrected chi connectivity index (χ1v) is 7.53. The van der Waals surface area contributed by atoms with Crippen LogP contribution in [0.15, 0.2) is 24.3 Å². The fraction of sp³-hybridized carbons (Fsp3) is 0.562. The van der Waals surface area contributed by atoms with Crippen LogP contribution in [-0.2, 0) is 13.6 Å². The van der Waals surface area contributed by atoms with Crippen molar-refractivity contribution in [3.05, 3.63) is 30.1 Å². The maximum absolute atomic E-state index is 4.75. The van der Waals surface area contributed by atoms with Gasteiger partial charge in [-0.1, -0.05) is 12.1 Å². The first kappa shape index (κ1) is 19.2. The first-order chi connectivity index (χ1) is 9.74. The summed E-state index contributed by atoms with van der Waals surface area (Å²) in [7, 11) is 4.32. The molecular weight excluding hydrogens is 319 g/mol. The van der Waals surface area contributed by atoms with Crippen LogP contribution in [0.1, 0.15) is 18.7 Å². The van der Waals surface area contributed by atoms with Gasteiger partial charge in [-0.2, -0.15) is 0 Å². The number of nitrogens with zero attached hydrogens (tertiary/aromatic N) is 3. The molecule has 2 aromatic rings. The van der Waals surface area contributed by atoms with E-state index in [0.29, 0.717) is 0 Å². The molecule has 0 bridgehead atoms. The van der Waals surface area contributed by atoms with Gasteiger partial charge in [0.1, 0.15) is 5.82 Å². The standard InChI is InChI=1S/C16H24N4.2ClH/c1-19(11-13-7-9-17-10-8-13)12-16-18-14-5-3-4-6-15(14)20(16)2;;/h3-6,13,17H,7-12H2,1-2H3;2*1H. The van der Waals surface area contributed by atoms with Gasteiger partial charge in [-0.15, -0.1) is 24.8 Å². The van der Waals surface area contributed by atoms with Gasteiger partial charge in [0.05, 0.1) is 17.6 Å². The van der Waals surface area contributed by atoms with Crippen molar-refractivity contribution in [1.29, 1.82) is 0 Å². The zero-order valence-electron chi connectivity index (χ0n) is 13.3. The van der Waals surface area contributed by atoms with Crippen LogP contribution in [0, 0.1) is 5.92 Å². The highest BCUT2D eigenvalue weighted by atomic mass is 35.5. The summed E-state index contributed by atoms with van der Waals surface area (Å²) in [5, 5.41) is 3.43. The highest BCUT2D eigenvalue weighted by Crippen LogP contribution is 2.17. The molecule has 0 spiro atoms. The predicted octanol–water partition coefficient (Wildman–Crippen LogP) is 2.85. The van der Waals surface area contributed by atoms with Crippen LogP contribution in [-0.4, -0.2) is 41.1 Å². The van der Waals surface area contributed by atoms with E-state index in [0.717, 1.165) is 23.8 Å². The molecule has 124 valence electrons. The van der Waals surface area contributed by atoms with Gasteiger partial charge in [-0.05, 0) is 51.0 Å². The Bertz CT molecular complexity index is 579. The average molecular weight is 345 g/mol. The van der Waals surface area contributed by atoms with Crippen molar-refractivity contribution in [2.75, 3.05) is 26.7 Å². The minimum Gasteiger partial charge on any atom is -0.330 e. The first-order valence-electron chi connectivity index (χ1n) is 7.53. The molecule has 0 saturated carbocycles. The number of piperidine rings is 1. The van der Waals surface area contributed by atoms with Gasteiger partial charge in [0, 0.05) is 13.6 Å². The number of aryl methyl sites for hydroxylation is 1. The van der Waals surface area contributed by atoms with Gasteiger partial charge in [-0.25, -0.2) is 4.98 Å². The third-order valence-corrected chi connectivity index (χ3v) is 4.32. The number of halogens is 2. The smallest absolute Gasteiger partial charge is 0.123 e. The third-order valence-electron chi connectivity index (χ3n) is 4.32. The van der Waals surface area contributed by atoms with E-state index < -0.39 is 0 Å². The van der Waals surface area contributed by atoms with E-state index in [1.54, 1.807) is 0 Å². The maximum Gasteiger partial charge on any atom is 0.123 e. The molecule has 4 nitrogen and oxygen atoms in total. The summed E-state index contributed by atoms with van der Waals surface area (Å²) < 4.78 is 2.22. The Morgan fingerprint density at radius 2 is 1.91 bits per heavy atom. The monoisotopic (exact) mass is 344 g/mol. The fourth-order valence-electron chi connectivity index (χ4n) is 3.15. The molecule has 0 unspecified atom stereocenters. The van der Waals surface area contributed by atoms with Crippen molar-refractivity contribution >= 4 is 35.8 Å². The van der Waals surface area contributed by atoms with E-state index in [1.807, 2.05) is 0 Å². The van der Waals surface area contributed by atoms with E-state index in [1.165, 1.54) is 38.0 Å². The summed E-state index contributed by atoms with van der Waals surface area (Å²) >= 11 is 0. The van der Waals surface area contributed by atoms with Crippen LogP contribution in [0.5, 0.6) is 0 Å². The Hall–Kier alpha value is -0.810. The molecule has 1 fully saturated rings. The van der Waals surface area contributed by atoms with Gasteiger partial charge in [0.15, 0.2) is 0 Å². The Balaban J connectivity index is 0.00000121. The summed E-state index contributed by atoms with van der Waals surface area (Å²) in [5.74, 6) is 1.98. The molecule has 1 aliphatic heterocycles. The van der Waals surface area contributed by atoms with Crippen LogP contribution < -0.4 is 5.32 Å². The molecule has 0 aliphatic carbocycles. The Morgan fingerprint density at radius 1 is 1.23 bits per heavy atom. The number of imidazole rings is 1. The molecule has 1 aromatic carbocycles. The van der Waals surface area contributed by atoms with E-state index in [9.17, 15) is 0 Å². The van der Waals surface area contributed by atoms with E-state index in [-0.39, 0.29) is 24.8 Å². The van der Waals surface area contributed by atoms with Crippen LogP contribution in [0.2, 0.25) is 0 Å². The number of nitrogens with one attached hydrogen (secondary N) is 1. The minimum absolute atomic E-state index is 0. The van der Waals surface area contributed by atoms with Crippen LogP contribution >= 0.6 is 24.8 Å². The molecule has 1 aliphatic rings. The predicted molar refractivity (Wildman–Crippen MR) is 97.1 cm³/mol. The van der Waals surface area contributed by atoms with Gasteiger partial charge >= 0.3 is 0 Å². The Morgan fingerprint density at radius 3 is 2.59 bits per heavy atom. The third kappa shape index (κ3) is 4.35. The second-order valence-electron chi connectivity index (χ2n) is 5.97. The van der Waals surface area contributed by atoms with Crippen molar-refractivity contribution < 1.29 is 0 Å². The van der Waals surface area contributed by atoms with E-state index in [2.05, 4.69) is 53.1 Å². The largest absolute Gasteiger partial charge is 0.330 e. The number of hydrogen-bond acceptors (Lipinski definition) is 3. The Kier molecular flexibility index (Phi) is 7.63. The molecule has 1 saturated heterocycles. The van der Waals surface area contributed by atoms with Crippen molar-refractivity contribution in [2.45, 2.75) is 19.4 Å². The normalized spacial score (nSPS) is 15.6. The summed E-state index contributed by atoms with van der Waals surface area (Å²) in [6, 6.07) is 8.36. The zero-order valence-corrected chi connectivity index (χ0v) is 14.9. The van der Waals surface area contributed by atoms with Crippen LogP contribution in [0.25, 0.3) is 11.0 Å². The lowest BCUT2D eigenvalue weighted by Gasteiger charge is -2.27. The van der Waals surface area contributed by atoms with Gasteiger partial charge < -0.3 is 9.88 Å². The molecule has 2 heterocycles. The maximum atomic E-state index is 4.75. The molecule has 22 heavy (non-hydrogen) atoms. The van der Waals surface area contributed by atoms with Crippen LogP contribution in [0.4, 0.5) is 0 Å². The topological polar surface area (TPSA) is 33.1 Å². The molecule has 1 aromatic heterocycles. The number of fused-ring (bicyclic) bond motifs is 1. The van der Waals surface area contributed by atoms with Crippen molar-refractivity contribution in [3.63, 3.8) is 0 Å². The van der Waals surface area contributed by atoms with Crippen LogP contribution in [0.3, 0.4) is 0 Å². The molecule has 0 radical (unpaired) electrons. The van der Waals surface area contributed by atoms with E-state index >= 15 is 0 Å². The molecular formula is C16H26Cl2N4. The van der Waals surface area contributed by atoms with Crippen molar-refractivity contribution in [1.82, 2.24) is 19.8 Å². The lowest BCUT2D eigenvalue weighted by atomic mass is 9.98. The lowest BCUT2D eigenvalue weighted by Crippen LogP contribution is -2.34. The molecule has 0 amide bonds. The molecule has 3 rings (SSSR count). The van der Waals surface area contributed by atoms with Gasteiger partial charge in [0.2, 0.25) is 0 Å². The molecule has 1 N–H and O–H groups in total. The number of aromatic nitrogens is 2. The second-order valence-corrected chi connectivity index (χ2v) is 5.97. The summed E-state index contributed by atoms with van der Waals surface area (Å²) in [4.78, 5) is 7.17. The highest BCUT2D eigenvalue weighted by molar-refractivity contribution is 5.85. The highest BCUT2D eigenvalue weighted by Gasteiger charge is 2.16. The minimum atomic E-state index is 0. The molecule has 6 heteroatoms. The van der Waals surface area contributed by atoms with Gasteiger partial charge in [-0.3, -0.25) is 4.90 Å². The summed E-state index contributed by atoms with van der Waals surface area (Å²) in [6.07, 6.45) is 2.60. The van der Waals surface area contributed by atoms with Gasteiger partial charge in [0.25, 0.3) is 0 Å². The average Bonchev–Trinajstić information content (AvgIpc) is 2.77. The zero-order chi connectivity index (χ0) is 13.9. The Labute approximate surface area is 145 Å². The summed E-state index contributed by atoms with van der Waals surface area (Å²) in [5.41, 5.74) is 2.32. The van der Waals surface area contributed by atoms with Crippen molar-refractivity contribution in [2.24, 2.45) is 13.0 Å². The number of rotatable bonds is 4. The number of hydrogen-bond donors (Lipinski definition) is 1. The summed E-state index contributed by atoms with van der Waals surface area (Å²) in [6.45, 7) is 4.44. The SMILES string of the molecule is CN(Cc1nc2ccccc2n1C)CC1CCNCC1.Cl.Cl.